The van der Waals surface area contributed by atoms with E-state index in [0.29, 0.717) is 18.6 Å². The van der Waals surface area contributed by atoms with Gasteiger partial charge < -0.3 is 0 Å². The van der Waals surface area contributed by atoms with Gasteiger partial charge >= 0.3 is 0 Å². The molecular formula is C15H20N2O2Si. The first-order valence-corrected chi connectivity index (χ1v) is 10.3. The molecule has 0 radical (unpaired) electrons. The van der Waals surface area contributed by atoms with E-state index in [2.05, 4.69) is 24.7 Å². The van der Waals surface area contributed by atoms with E-state index in [1.54, 1.807) is 0 Å². The van der Waals surface area contributed by atoms with E-state index in [1.807, 2.05) is 35.0 Å². The quantitative estimate of drug-likeness (QED) is 0.488. The number of carbonyl (C=O) groups is 2. The summed E-state index contributed by atoms with van der Waals surface area (Å²) in [5.41, 5.74) is 1.54. The van der Waals surface area contributed by atoms with Crippen molar-refractivity contribution < 1.29 is 9.59 Å². The van der Waals surface area contributed by atoms with Crippen LogP contribution in [0.1, 0.15) is 19.3 Å². The molecule has 1 aromatic rings. The zero-order valence-electron chi connectivity index (χ0n) is 12.2. The second-order valence-electron chi connectivity index (χ2n) is 6.00. The van der Waals surface area contributed by atoms with Gasteiger partial charge in [0.1, 0.15) is 11.5 Å². The number of hydrazone groups is 1. The lowest BCUT2D eigenvalue weighted by atomic mass is 9.96. The first kappa shape index (κ1) is 14.7. The number of carbonyl (C=O) groups excluding carboxylic acids is 2. The highest BCUT2D eigenvalue weighted by atomic mass is 28.3. The van der Waals surface area contributed by atoms with Gasteiger partial charge in [-0.1, -0.05) is 18.2 Å². The molecule has 0 heterocycles. The van der Waals surface area contributed by atoms with Gasteiger partial charge in [-0.25, -0.2) is 0 Å². The van der Waals surface area contributed by atoms with E-state index < -0.39 is 8.24 Å². The number of benzene rings is 1. The normalized spacial score (nSPS) is 18.4. The van der Waals surface area contributed by atoms with Crippen molar-refractivity contribution in [1.82, 2.24) is 0 Å². The van der Waals surface area contributed by atoms with Crippen molar-refractivity contribution in [2.24, 2.45) is 5.10 Å². The van der Waals surface area contributed by atoms with Gasteiger partial charge in [0.15, 0.2) is 14.0 Å². The van der Waals surface area contributed by atoms with Crippen LogP contribution in [0.3, 0.4) is 0 Å². The highest BCUT2D eigenvalue weighted by Crippen LogP contribution is 2.23. The average Bonchev–Trinajstić information content (AvgIpc) is 2.37. The van der Waals surface area contributed by atoms with E-state index in [1.165, 1.54) is 0 Å². The van der Waals surface area contributed by atoms with Gasteiger partial charge in [0.05, 0.1) is 6.42 Å². The van der Waals surface area contributed by atoms with Gasteiger partial charge in [0, 0.05) is 18.5 Å². The lowest BCUT2D eigenvalue weighted by Crippen LogP contribution is -2.44. The first-order valence-electron chi connectivity index (χ1n) is 6.85. The summed E-state index contributed by atoms with van der Waals surface area (Å²) in [6, 6.07) is 9.90. The van der Waals surface area contributed by atoms with Crippen molar-refractivity contribution in [2.75, 3.05) is 4.67 Å². The number of nitrogens with zero attached hydrogens (tertiary/aromatic N) is 2. The number of para-hydroxylation sites is 1. The highest BCUT2D eigenvalue weighted by Gasteiger charge is 2.28. The Bertz CT molecular complexity index is 547. The summed E-state index contributed by atoms with van der Waals surface area (Å²) in [5, 5.41) is 4.60. The van der Waals surface area contributed by atoms with Crippen molar-refractivity contribution in [3.63, 3.8) is 0 Å². The zero-order chi connectivity index (χ0) is 14.8. The number of hydrogen-bond acceptors (Lipinski definition) is 4. The minimum absolute atomic E-state index is 0.00710. The van der Waals surface area contributed by atoms with E-state index in [-0.39, 0.29) is 18.0 Å². The molecule has 4 nitrogen and oxygen atoms in total. The Hall–Kier alpha value is -1.75. The van der Waals surface area contributed by atoms with Gasteiger partial charge in [0.2, 0.25) is 0 Å². The van der Waals surface area contributed by atoms with Gasteiger partial charge in [-0.15, -0.1) is 0 Å². The van der Waals surface area contributed by atoms with Gasteiger partial charge in [-0.05, 0) is 31.8 Å². The number of Topliss-reactive ketones (excluding diaryl/α,β-unsaturated/α-hetero) is 2. The molecule has 1 fully saturated rings. The number of hydrogen-bond donors (Lipinski definition) is 0. The van der Waals surface area contributed by atoms with Crippen LogP contribution in [0.25, 0.3) is 0 Å². The Morgan fingerprint density at radius 2 is 1.70 bits per heavy atom. The largest absolute Gasteiger partial charge is 0.299 e. The molecule has 0 atom stereocenters. The molecule has 0 spiro atoms. The molecule has 1 aromatic carbocycles. The smallest absolute Gasteiger partial charge is 0.186 e. The fourth-order valence-corrected chi connectivity index (χ4v) is 3.50. The summed E-state index contributed by atoms with van der Waals surface area (Å²) < 4.78 is 2.00. The molecule has 1 saturated carbocycles. The highest BCUT2D eigenvalue weighted by molar-refractivity contribution is 6.79. The van der Waals surface area contributed by atoms with Crippen LogP contribution in [0, 0.1) is 0 Å². The SMILES string of the molecule is C[Si](C)(C)N(/N=C1/CCC(=O)CC1=O)c1ccccc1. The van der Waals surface area contributed by atoms with Crippen LogP contribution < -0.4 is 4.67 Å². The molecule has 1 aliphatic carbocycles. The molecule has 1 aliphatic rings. The average molecular weight is 288 g/mol. The third kappa shape index (κ3) is 3.42. The molecule has 2 rings (SSSR count). The molecule has 0 unspecified atom stereocenters. The summed E-state index contributed by atoms with van der Waals surface area (Å²) in [4.78, 5) is 23.2. The summed E-state index contributed by atoms with van der Waals surface area (Å²) in [6.07, 6.45) is 0.900. The minimum atomic E-state index is -1.75. The zero-order valence-corrected chi connectivity index (χ0v) is 13.2. The molecule has 0 saturated heterocycles. The lowest BCUT2D eigenvalue weighted by Gasteiger charge is -2.32. The van der Waals surface area contributed by atoms with Crippen LogP contribution >= 0.6 is 0 Å². The molecule has 5 heteroatoms. The fourth-order valence-electron chi connectivity index (χ4n) is 2.16. The van der Waals surface area contributed by atoms with E-state index >= 15 is 0 Å². The summed E-state index contributed by atoms with van der Waals surface area (Å²) in [6.45, 7) is 6.55. The molecule has 0 aromatic heterocycles. The summed E-state index contributed by atoms with van der Waals surface area (Å²) >= 11 is 0. The second kappa shape index (κ2) is 5.71. The van der Waals surface area contributed by atoms with Crippen LogP contribution in [0.2, 0.25) is 19.6 Å². The molecule has 20 heavy (non-hydrogen) atoms. The van der Waals surface area contributed by atoms with Crippen molar-refractivity contribution in [2.45, 2.75) is 38.9 Å². The maximum Gasteiger partial charge on any atom is 0.186 e. The summed E-state index contributed by atoms with van der Waals surface area (Å²) in [7, 11) is -1.75. The topological polar surface area (TPSA) is 49.7 Å². The molecule has 0 aliphatic heterocycles. The van der Waals surface area contributed by atoms with Crippen LogP contribution in [-0.4, -0.2) is 25.5 Å². The van der Waals surface area contributed by atoms with Crippen molar-refractivity contribution in [3.05, 3.63) is 30.3 Å². The number of ketones is 2. The number of anilines is 1. The van der Waals surface area contributed by atoms with Crippen molar-refractivity contribution in [1.29, 1.82) is 0 Å². The maximum atomic E-state index is 11.9. The van der Waals surface area contributed by atoms with E-state index in [0.717, 1.165) is 5.69 Å². The van der Waals surface area contributed by atoms with Crippen molar-refractivity contribution >= 4 is 31.2 Å². The Labute approximate surface area is 120 Å². The third-order valence-electron chi connectivity index (χ3n) is 3.18. The van der Waals surface area contributed by atoms with E-state index in [9.17, 15) is 9.59 Å². The second-order valence-corrected chi connectivity index (χ2v) is 10.8. The molecular weight excluding hydrogens is 268 g/mol. The van der Waals surface area contributed by atoms with Crippen LogP contribution in [0.5, 0.6) is 0 Å². The van der Waals surface area contributed by atoms with Crippen molar-refractivity contribution in [3.8, 4) is 0 Å². The molecule has 0 bridgehead atoms. The predicted molar refractivity (Wildman–Crippen MR) is 83.6 cm³/mol. The van der Waals surface area contributed by atoms with Gasteiger partial charge in [0.25, 0.3) is 0 Å². The summed E-state index contributed by atoms with van der Waals surface area (Å²) in [5.74, 6) is -0.103. The Morgan fingerprint density at radius 3 is 2.25 bits per heavy atom. The van der Waals surface area contributed by atoms with Gasteiger partial charge in [-0.3, -0.25) is 14.3 Å². The third-order valence-corrected chi connectivity index (χ3v) is 4.81. The number of rotatable bonds is 3. The monoisotopic (exact) mass is 288 g/mol. The van der Waals surface area contributed by atoms with Crippen LogP contribution in [0.4, 0.5) is 5.69 Å². The van der Waals surface area contributed by atoms with E-state index in [4.69, 9.17) is 0 Å². The van der Waals surface area contributed by atoms with Crippen LogP contribution in [0.15, 0.2) is 35.4 Å². The molecule has 0 amide bonds. The Balaban J connectivity index is 2.34. The maximum absolute atomic E-state index is 11.9. The fraction of sp³-hybridized carbons (Fsp3) is 0.400. The first-order chi connectivity index (χ1) is 9.38. The molecule has 106 valence electrons. The Kier molecular flexibility index (Phi) is 4.18. The minimum Gasteiger partial charge on any atom is -0.299 e. The Morgan fingerprint density at radius 1 is 1.05 bits per heavy atom. The van der Waals surface area contributed by atoms with Crippen LogP contribution in [-0.2, 0) is 9.59 Å². The molecule has 0 N–H and O–H groups in total. The predicted octanol–water partition coefficient (Wildman–Crippen LogP) is 3.01. The van der Waals surface area contributed by atoms with Gasteiger partial charge in [-0.2, -0.15) is 5.10 Å². The lowest BCUT2D eigenvalue weighted by molar-refractivity contribution is -0.125. The standard InChI is InChI=1S/C15H20N2O2Si/c1-20(2,3)17(12-7-5-4-6-8-12)16-14-10-9-13(18)11-15(14)19/h4-8H,9-11H2,1-3H3/b16-14-.